The van der Waals surface area contributed by atoms with E-state index >= 15 is 0 Å². The lowest BCUT2D eigenvalue weighted by molar-refractivity contribution is -0.125. The maximum atomic E-state index is 13.2. The van der Waals surface area contributed by atoms with E-state index in [1.54, 1.807) is 18.2 Å². The first-order valence-corrected chi connectivity index (χ1v) is 21.0. The highest BCUT2D eigenvalue weighted by molar-refractivity contribution is 6.23. The highest BCUT2D eigenvalue weighted by atomic mass is 16.5. The van der Waals surface area contributed by atoms with Crippen LogP contribution in [-0.4, -0.2) is 93.6 Å². The Morgan fingerprint density at radius 3 is 2.45 bits per heavy atom. The Balaban J connectivity index is 0.794. The van der Waals surface area contributed by atoms with Gasteiger partial charge in [0.05, 0.1) is 41.1 Å². The first-order valence-electron chi connectivity index (χ1n) is 21.0. The van der Waals surface area contributed by atoms with Gasteiger partial charge >= 0.3 is 0 Å². The number of rotatable bonds is 16. The highest BCUT2D eigenvalue weighted by Crippen LogP contribution is 2.32. The van der Waals surface area contributed by atoms with Gasteiger partial charge in [0.25, 0.3) is 11.8 Å². The highest BCUT2D eigenvalue weighted by Gasteiger charge is 2.44. The molecule has 1 unspecified atom stereocenters. The quantitative estimate of drug-likeness (QED) is 0.0748. The fourth-order valence-corrected chi connectivity index (χ4v) is 8.45. The van der Waals surface area contributed by atoms with E-state index in [1.807, 2.05) is 26.0 Å². The van der Waals surface area contributed by atoms with Crippen molar-refractivity contribution in [1.29, 1.82) is 0 Å². The maximum absolute atomic E-state index is 13.2. The number of allylic oxidation sites excluding steroid dienone is 1. The lowest BCUT2D eigenvalue weighted by Gasteiger charge is -2.29. The van der Waals surface area contributed by atoms with Gasteiger partial charge in [0, 0.05) is 68.2 Å². The number of amides is 4. The molecule has 312 valence electrons. The summed E-state index contributed by atoms with van der Waals surface area (Å²) in [5.74, 6) is 0.535. The topological polar surface area (TPSA) is 164 Å². The van der Waals surface area contributed by atoms with Crippen molar-refractivity contribution in [2.45, 2.75) is 77.8 Å². The summed E-state index contributed by atoms with van der Waals surface area (Å²) in [7, 11) is 0. The average molecular weight is 813 g/mol. The molecule has 60 heavy (non-hydrogen) atoms. The molecule has 2 aromatic heterocycles. The van der Waals surface area contributed by atoms with Crippen molar-refractivity contribution >= 4 is 46.0 Å². The minimum atomic E-state index is -0.836. The van der Waals surface area contributed by atoms with Gasteiger partial charge in [0.1, 0.15) is 17.6 Å². The molecule has 14 heteroatoms. The SMILES string of the molecule is C=C1CCC(N2C(=O)c3ccc(NCCCCCC(=O)Nc4ccc(CCc5nc6cc(-c7c(C)noc7C)ccc6n5CCN5CCOCC5)cc4)cc3C2=O)C(=O)N1. The number of hydrogen-bond acceptors (Lipinski definition) is 10. The minimum absolute atomic E-state index is 0.0250. The van der Waals surface area contributed by atoms with E-state index in [9.17, 15) is 19.2 Å². The van der Waals surface area contributed by atoms with Crippen LogP contribution >= 0.6 is 0 Å². The number of imide groups is 1. The van der Waals surface area contributed by atoms with Gasteiger partial charge < -0.3 is 29.8 Å². The molecule has 5 aromatic rings. The second-order valence-electron chi connectivity index (χ2n) is 15.9. The van der Waals surface area contributed by atoms with Crippen molar-refractivity contribution in [3.8, 4) is 11.1 Å². The molecule has 14 nitrogen and oxygen atoms in total. The van der Waals surface area contributed by atoms with Gasteiger partial charge in [-0.3, -0.25) is 29.0 Å². The largest absolute Gasteiger partial charge is 0.385 e. The first-order chi connectivity index (χ1) is 29.1. The Morgan fingerprint density at radius 2 is 1.68 bits per heavy atom. The van der Waals surface area contributed by atoms with Crippen LogP contribution in [0.25, 0.3) is 22.2 Å². The van der Waals surface area contributed by atoms with Gasteiger partial charge in [-0.2, -0.15) is 0 Å². The van der Waals surface area contributed by atoms with Gasteiger partial charge in [-0.05, 0) is 99.5 Å². The zero-order valence-corrected chi connectivity index (χ0v) is 34.4. The van der Waals surface area contributed by atoms with Gasteiger partial charge in [-0.25, -0.2) is 4.98 Å². The first kappa shape index (κ1) is 40.7. The molecule has 8 rings (SSSR count). The number of anilines is 2. The summed E-state index contributed by atoms with van der Waals surface area (Å²) in [6, 6.07) is 18.8. The predicted octanol–water partition coefficient (Wildman–Crippen LogP) is 6.42. The van der Waals surface area contributed by atoms with Crippen LogP contribution in [0.2, 0.25) is 0 Å². The molecule has 2 fully saturated rings. The monoisotopic (exact) mass is 812 g/mol. The fourth-order valence-electron chi connectivity index (χ4n) is 8.45. The van der Waals surface area contributed by atoms with Crippen LogP contribution in [0.15, 0.2) is 77.5 Å². The zero-order chi connectivity index (χ0) is 41.8. The van der Waals surface area contributed by atoms with Crippen LogP contribution in [-0.2, 0) is 33.7 Å². The molecule has 0 saturated carbocycles. The number of carbonyl (C=O) groups is 4. The summed E-state index contributed by atoms with van der Waals surface area (Å²) >= 11 is 0. The van der Waals surface area contributed by atoms with Crippen LogP contribution in [0.5, 0.6) is 0 Å². The van der Waals surface area contributed by atoms with Gasteiger partial charge in [-0.1, -0.05) is 36.4 Å². The third kappa shape index (κ3) is 8.89. The minimum Gasteiger partial charge on any atom is -0.385 e. The second kappa shape index (κ2) is 18.0. The van der Waals surface area contributed by atoms with Crippen LogP contribution in [0.1, 0.15) is 82.1 Å². The van der Waals surface area contributed by atoms with Crippen molar-refractivity contribution in [3.63, 3.8) is 0 Å². The molecule has 0 bridgehead atoms. The van der Waals surface area contributed by atoms with E-state index in [0.29, 0.717) is 42.6 Å². The van der Waals surface area contributed by atoms with Gasteiger partial charge in [0.15, 0.2) is 0 Å². The van der Waals surface area contributed by atoms with Gasteiger partial charge in [0.2, 0.25) is 11.8 Å². The standard InChI is InChI=1S/C46H52N8O6/c1-29-8-17-40(44(56)48-29)54-45(57)36-16-15-35(28-37(36)46(54)58)47-20-6-4-5-7-42(55)49-34-13-9-32(10-14-34)11-19-41-50-38-27-33(43-30(2)51-60-31(43)3)12-18-39(38)53(41)22-21-52-23-25-59-26-24-52/h9-10,12-16,18,27-28,40,47H,1,4-8,11,17,19-26H2,2-3H3,(H,48,56)(H,49,55). The Morgan fingerprint density at radius 1 is 0.900 bits per heavy atom. The van der Waals surface area contributed by atoms with Crippen LogP contribution < -0.4 is 16.0 Å². The van der Waals surface area contributed by atoms with Gasteiger partial charge in [-0.15, -0.1) is 0 Å². The number of fused-ring (bicyclic) bond motifs is 2. The zero-order valence-electron chi connectivity index (χ0n) is 34.4. The average Bonchev–Trinajstić information content (AvgIpc) is 3.86. The van der Waals surface area contributed by atoms with Crippen LogP contribution in [0.4, 0.5) is 11.4 Å². The Labute approximate surface area is 349 Å². The number of benzene rings is 3. The van der Waals surface area contributed by atoms with E-state index in [-0.39, 0.29) is 11.8 Å². The molecule has 2 saturated heterocycles. The molecule has 1 atom stereocenters. The number of aromatic nitrogens is 3. The molecule has 5 heterocycles. The molecule has 4 amide bonds. The summed E-state index contributed by atoms with van der Waals surface area (Å²) in [5.41, 5.74) is 8.88. The van der Waals surface area contributed by atoms with Crippen LogP contribution in [0, 0.1) is 13.8 Å². The number of unbranched alkanes of at least 4 members (excludes halogenated alkanes) is 2. The maximum Gasteiger partial charge on any atom is 0.262 e. The van der Waals surface area contributed by atoms with Crippen molar-refractivity contribution in [1.82, 2.24) is 29.8 Å². The molecule has 0 spiro atoms. The molecular formula is C46H52N8O6. The van der Waals surface area contributed by atoms with E-state index in [2.05, 4.69) is 67.5 Å². The number of ether oxygens (including phenoxy) is 1. The summed E-state index contributed by atoms with van der Waals surface area (Å²) < 4.78 is 13.4. The Hall–Kier alpha value is -6.12. The summed E-state index contributed by atoms with van der Waals surface area (Å²) in [6.07, 6.45) is 5.29. The van der Waals surface area contributed by atoms with E-state index in [0.717, 1.165) is 127 Å². The molecule has 3 N–H and O–H groups in total. The molecule has 0 aliphatic carbocycles. The fraction of sp³-hybridized carbons (Fsp3) is 0.391. The molecule has 3 aromatic carbocycles. The normalized spacial score (nSPS) is 17.0. The molecular weight excluding hydrogens is 761 g/mol. The van der Waals surface area contributed by atoms with Crippen molar-refractivity contribution in [3.05, 3.63) is 107 Å². The predicted molar refractivity (Wildman–Crippen MR) is 229 cm³/mol. The van der Waals surface area contributed by atoms with Crippen molar-refractivity contribution in [2.75, 3.05) is 50.0 Å². The van der Waals surface area contributed by atoms with Crippen molar-refractivity contribution in [2.24, 2.45) is 0 Å². The molecule has 0 radical (unpaired) electrons. The number of hydrogen-bond donors (Lipinski definition) is 3. The molecule has 3 aliphatic rings. The third-order valence-electron chi connectivity index (χ3n) is 11.7. The molecule has 3 aliphatic heterocycles. The smallest absolute Gasteiger partial charge is 0.262 e. The number of aryl methyl sites for hydroxylation is 4. The van der Waals surface area contributed by atoms with E-state index in [4.69, 9.17) is 14.2 Å². The number of carbonyl (C=O) groups excluding carboxylic acids is 4. The Kier molecular flexibility index (Phi) is 12.2. The number of nitrogens with zero attached hydrogens (tertiary/aromatic N) is 5. The third-order valence-corrected chi connectivity index (χ3v) is 11.7. The lowest BCUT2D eigenvalue weighted by atomic mass is 10.0. The number of nitrogens with one attached hydrogen (secondary N) is 3. The number of imidazole rings is 1. The van der Waals surface area contributed by atoms with Crippen molar-refractivity contribution < 1.29 is 28.4 Å². The summed E-state index contributed by atoms with van der Waals surface area (Å²) in [6.45, 7) is 13.5. The number of morpholine rings is 1. The summed E-state index contributed by atoms with van der Waals surface area (Å²) in [5, 5.41) is 13.2. The Bertz CT molecular complexity index is 2410. The summed E-state index contributed by atoms with van der Waals surface area (Å²) in [4.78, 5) is 60.2. The van der Waals surface area contributed by atoms with E-state index in [1.165, 1.54) is 5.56 Å². The number of piperidine rings is 1. The van der Waals surface area contributed by atoms with E-state index < -0.39 is 17.9 Å². The van der Waals surface area contributed by atoms with Crippen LogP contribution in [0.3, 0.4) is 0 Å². The lowest BCUT2D eigenvalue weighted by Crippen LogP contribution is -2.51. The second-order valence-corrected chi connectivity index (χ2v) is 15.9.